The maximum atomic E-state index is 14.0. The molecule has 0 aromatic heterocycles. The van der Waals surface area contributed by atoms with E-state index in [2.05, 4.69) is 20.7 Å². The first-order valence-corrected chi connectivity index (χ1v) is 5.29. The van der Waals surface area contributed by atoms with Gasteiger partial charge in [-0.05, 0) is 35.0 Å². The molecule has 1 atom stereocenters. The Morgan fingerprint density at radius 2 is 2.20 bits per heavy atom. The van der Waals surface area contributed by atoms with E-state index in [0.717, 1.165) is 14.0 Å². The summed E-state index contributed by atoms with van der Waals surface area (Å²) in [6.07, 6.45) is 0. The molecule has 0 saturated carbocycles. The first kappa shape index (κ1) is 12.5. The summed E-state index contributed by atoms with van der Waals surface area (Å²) in [4.78, 5) is 11.2. The molecule has 0 bridgehead atoms. The molecule has 2 nitrogen and oxygen atoms in total. The first-order chi connectivity index (χ1) is 6.89. The molecule has 1 aromatic carbocycles. The number of halogens is 3. The van der Waals surface area contributed by atoms with Crippen LogP contribution < -0.4 is 0 Å². The van der Waals surface area contributed by atoms with E-state index in [4.69, 9.17) is 11.6 Å². The SMILES string of the molecule is COC(=O)C(C)(F)c1ccc(Br)c(Cl)c1. The third-order valence-corrected chi connectivity index (χ3v) is 3.26. The van der Waals surface area contributed by atoms with Crippen molar-refractivity contribution in [1.29, 1.82) is 0 Å². The standard InChI is InChI=1S/C10H9BrClFO2/c1-10(13,9(14)15-2)6-3-4-7(11)8(12)5-6/h3-5H,1-2H3. The van der Waals surface area contributed by atoms with Gasteiger partial charge in [0.25, 0.3) is 0 Å². The molecule has 1 unspecified atom stereocenters. The molecule has 5 heteroatoms. The fourth-order valence-corrected chi connectivity index (χ4v) is 1.52. The predicted octanol–water partition coefficient (Wildman–Crippen LogP) is 3.46. The van der Waals surface area contributed by atoms with E-state index < -0.39 is 11.6 Å². The van der Waals surface area contributed by atoms with Gasteiger partial charge in [0.2, 0.25) is 5.67 Å². The summed E-state index contributed by atoms with van der Waals surface area (Å²) in [5, 5.41) is 0.347. The quantitative estimate of drug-likeness (QED) is 0.781. The van der Waals surface area contributed by atoms with Crippen molar-refractivity contribution in [1.82, 2.24) is 0 Å². The highest BCUT2D eigenvalue weighted by Gasteiger charge is 2.36. The Labute approximate surface area is 101 Å². The van der Waals surface area contributed by atoms with Gasteiger partial charge in [-0.1, -0.05) is 17.7 Å². The van der Waals surface area contributed by atoms with Crippen molar-refractivity contribution < 1.29 is 13.9 Å². The maximum Gasteiger partial charge on any atom is 0.348 e. The molecule has 1 aromatic rings. The summed E-state index contributed by atoms with van der Waals surface area (Å²) < 4.78 is 19.0. The number of methoxy groups -OCH3 is 1. The maximum absolute atomic E-state index is 14.0. The number of alkyl halides is 1. The van der Waals surface area contributed by atoms with Crippen LogP contribution in [0, 0.1) is 0 Å². The molecule has 0 aliphatic rings. The van der Waals surface area contributed by atoms with Crippen LogP contribution in [0.3, 0.4) is 0 Å². The Hall–Kier alpha value is -0.610. The third-order valence-electron chi connectivity index (χ3n) is 2.03. The van der Waals surface area contributed by atoms with Gasteiger partial charge in [-0.2, -0.15) is 0 Å². The molecule has 0 amide bonds. The van der Waals surface area contributed by atoms with Crippen molar-refractivity contribution in [2.45, 2.75) is 12.6 Å². The van der Waals surface area contributed by atoms with Crippen LogP contribution in [0.15, 0.2) is 22.7 Å². The highest BCUT2D eigenvalue weighted by atomic mass is 79.9. The van der Waals surface area contributed by atoms with Crippen molar-refractivity contribution in [2.75, 3.05) is 7.11 Å². The van der Waals surface area contributed by atoms with Crippen LogP contribution in [0.2, 0.25) is 5.02 Å². The molecule has 82 valence electrons. The van der Waals surface area contributed by atoms with Crippen LogP contribution in [-0.4, -0.2) is 13.1 Å². The molecule has 0 aliphatic carbocycles. The number of rotatable bonds is 2. The lowest BCUT2D eigenvalue weighted by molar-refractivity contribution is -0.154. The minimum atomic E-state index is -2.18. The van der Waals surface area contributed by atoms with Gasteiger partial charge in [0.1, 0.15) is 0 Å². The lowest BCUT2D eigenvalue weighted by atomic mass is 9.98. The summed E-state index contributed by atoms with van der Waals surface area (Å²) in [6, 6.07) is 4.45. The number of benzene rings is 1. The largest absolute Gasteiger partial charge is 0.466 e. The second kappa shape index (κ2) is 4.49. The molecule has 0 spiro atoms. The molecule has 0 N–H and O–H groups in total. The van der Waals surface area contributed by atoms with Gasteiger partial charge in [0.05, 0.1) is 12.1 Å². The van der Waals surface area contributed by atoms with Crippen LogP contribution in [-0.2, 0) is 15.2 Å². The van der Waals surface area contributed by atoms with Gasteiger partial charge < -0.3 is 4.74 Å². The van der Waals surface area contributed by atoms with Crippen LogP contribution in [0.5, 0.6) is 0 Å². The van der Waals surface area contributed by atoms with Crippen LogP contribution >= 0.6 is 27.5 Å². The smallest absolute Gasteiger partial charge is 0.348 e. The number of ether oxygens (including phenoxy) is 1. The second-order valence-electron chi connectivity index (χ2n) is 3.12. The Kier molecular flexibility index (Phi) is 3.73. The summed E-state index contributed by atoms with van der Waals surface area (Å²) in [5.41, 5.74) is -2.01. The number of carbonyl (C=O) groups is 1. The Morgan fingerprint density at radius 1 is 1.60 bits per heavy atom. The van der Waals surface area contributed by atoms with E-state index >= 15 is 0 Å². The van der Waals surface area contributed by atoms with Crippen LogP contribution in [0.4, 0.5) is 4.39 Å². The summed E-state index contributed by atoms with van der Waals surface area (Å²) >= 11 is 8.98. The van der Waals surface area contributed by atoms with Gasteiger partial charge in [-0.25, -0.2) is 9.18 Å². The van der Waals surface area contributed by atoms with Crippen molar-refractivity contribution in [2.24, 2.45) is 0 Å². The minimum Gasteiger partial charge on any atom is -0.466 e. The second-order valence-corrected chi connectivity index (χ2v) is 4.38. The van der Waals surface area contributed by atoms with Crippen molar-refractivity contribution in [3.8, 4) is 0 Å². The highest BCUT2D eigenvalue weighted by molar-refractivity contribution is 9.10. The molecule has 0 heterocycles. The Morgan fingerprint density at radius 3 is 2.67 bits per heavy atom. The summed E-state index contributed by atoms with van der Waals surface area (Å²) in [6.45, 7) is 1.14. The van der Waals surface area contributed by atoms with Crippen molar-refractivity contribution >= 4 is 33.5 Å². The zero-order valence-corrected chi connectivity index (χ0v) is 10.5. The monoisotopic (exact) mass is 294 g/mol. The zero-order chi connectivity index (χ0) is 11.6. The molecule has 0 radical (unpaired) electrons. The first-order valence-electron chi connectivity index (χ1n) is 4.12. The lowest BCUT2D eigenvalue weighted by Gasteiger charge is -2.18. The van der Waals surface area contributed by atoms with Gasteiger partial charge in [-0.3, -0.25) is 0 Å². The Bertz CT molecular complexity index is 393. The number of hydrogen-bond acceptors (Lipinski definition) is 2. The summed E-state index contributed by atoms with van der Waals surface area (Å²) in [7, 11) is 1.14. The fraction of sp³-hybridized carbons (Fsp3) is 0.300. The van der Waals surface area contributed by atoms with Crippen LogP contribution in [0.25, 0.3) is 0 Å². The molecular formula is C10H9BrClFO2. The zero-order valence-electron chi connectivity index (χ0n) is 8.18. The van der Waals surface area contributed by atoms with E-state index in [1.54, 1.807) is 6.07 Å². The number of hydrogen-bond donors (Lipinski definition) is 0. The minimum absolute atomic E-state index is 0.169. The lowest BCUT2D eigenvalue weighted by Crippen LogP contribution is -2.28. The number of esters is 1. The normalized spacial score (nSPS) is 14.5. The molecule has 0 fully saturated rings. The van der Waals surface area contributed by atoms with Crippen molar-refractivity contribution in [3.05, 3.63) is 33.3 Å². The number of carbonyl (C=O) groups excluding carboxylic acids is 1. The van der Waals surface area contributed by atoms with Gasteiger partial charge in [0, 0.05) is 10.0 Å². The third kappa shape index (κ3) is 2.49. The van der Waals surface area contributed by atoms with E-state index in [0.29, 0.717) is 9.50 Å². The molecule has 15 heavy (non-hydrogen) atoms. The average Bonchev–Trinajstić information content (AvgIpc) is 2.20. The van der Waals surface area contributed by atoms with Gasteiger partial charge in [0.15, 0.2) is 0 Å². The van der Waals surface area contributed by atoms with Gasteiger partial charge >= 0.3 is 5.97 Å². The average molecular weight is 296 g/mol. The topological polar surface area (TPSA) is 26.3 Å². The fourth-order valence-electron chi connectivity index (χ4n) is 1.10. The van der Waals surface area contributed by atoms with Crippen LogP contribution in [0.1, 0.15) is 12.5 Å². The van der Waals surface area contributed by atoms with E-state index in [9.17, 15) is 9.18 Å². The van der Waals surface area contributed by atoms with E-state index in [-0.39, 0.29) is 5.56 Å². The summed E-state index contributed by atoms with van der Waals surface area (Å²) in [5.74, 6) is -0.944. The highest BCUT2D eigenvalue weighted by Crippen LogP contribution is 2.32. The molecule has 1 rings (SSSR count). The molecular weight excluding hydrogens is 286 g/mol. The molecule has 0 saturated heterocycles. The van der Waals surface area contributed by atoms with Gasteiger partial charge in [-0.15, -0.1) is 0 Å². The van der Waals surface area contributed by atoms with E-state index in [1.165, 1.54) is 12.1 Å². The predicted molar refractivity (Wildman–Crippen MR) is 59.6 cm³/mol. The van der Waals surface area contributed by atoms with E-state index in [1.807, 2.05) is 0 Å². The molecule has 0 aliphatic heterocycles. The Balaban J connectivity index is 3.16. The van der Waals surface area contributed by atoms with Crippen molar-refractivity contribution in [3.63, 3.8) is 0 Å².